The van der Waals surface area contributed by atoms with Gasteiger partial charge in [0.1, 0.15) is 5.76 Å². The van der Waals surface area contributed by atoms with Crippen molar-refractivity contribution >= 4 is 0 Å². The molecule has 2 unspecified atom stereocenters. The molecule has 0 amide bonds. The Morgan fingerprint density at radius 3 is 2.82 bits per heavy atom. The lowest BCUT2D eigenvalue weighted by atomic mass is 10.2. The zero-order valence-corrected chi connectivity index (χ0v) is 10.6. The summed E-state index contributed by atoms with van der Waals surface area (Å²) in [6, 6.07) is 4.74. The fraction of sp³-hybridized carbons (Fsp3) is 0.692. The Bertz CT molecular complexity index is 306. The van der Waals surface area contributed by atoms with Crippen LogP contribution in [0.4, 0.5) is 0 Å². The summed E-state index contributed by atoms with van der Waals surface area (Å²) in [4.78, 5) is 2.50. The van der Waals surface area contributed by atoms with E-state index in [0.717, 1.165) is 12.3 Å². The number of likely N-dealkylation sites (tertiary alicyclic amines) is 1. The number of hydrogen-bond acceptors (Lipinski definition) is 4. The van der Waals surface area contributed by atoms with E-state index in [4.69, 9.17) is 10.2 Å². The molecule has 0 aliphatic carbocycles. The highest BCUT2D eigenvalue weighted by atomic mass is 16.3. The molecule has 2 heterocycles. The number of furan rings is 1. The highest BCUT2D eigenvalue weighted by molar-refractivity contribution is 5.06. The Morgan fingerprint density at radius 2 is 2.24 bits per heavy atom. The van der Waals surface area contributed by atoms with Crippen molar-refractivity contribution in [2.24, 2.45) is 5.73 Å². The van der Waals surface area contributed by atoms with Crippen LogP contribution < -0.4 is 11.1 Å². The second-order valence-corrected chi connectivity index (χ2v) is 4.82. The minimum absolute atomic E-state index is 0.349. The largest absolute Gasteiger partial charge is 0.468 e. The first-order chi connectivity index (χ1) is 8.31. The van der Waals surface area contributed by atoms with Crippen molar-refractivity contribution in [1.82, 2.24) is 10.2 Å². The Labute approximate surface area is 103 Å². The molecule has 17 heavy (non-hydrogen) atoms. The lowest BCUT2D eigenvalue weighted by Gasteiger charge is -2.27. The molecule has 4 nitrogen and oxygen atoms in total. The minimum atomic E-state index is 0.349. The molecular formula is C13H23N3O. The van der Waals surface area contributed by atoms with Gasteiger partial charge in [-0.1, -0.05) is 0 Å². The number of nitrogens with one attached hydrogen (secondary N) is 1. The molecule has 4 heteroatoms. The van der Waals surface area contributed by atoms with Crippen molar-refractivity contribution in [3.05, 3.63) is 24.2 Å². The van der Waals surface area contributed by atoms with E-state index in [2.05, 4.69) is 23.2 Å². The van der Waals surface area contributed by atoms with Crippen LogP contribution in [0.1, 0.15) is 31.6 Å². The van der Waals surface area contributed by atoms with Gasteiger partial charge in [0.2, 0.25) is 0 Å². The Kier molecular flexibility index (Phi) is 4.59. The van der Waals surface area contributed by atoms with E-state index in [9.17, 15) is 0 Å². The maximum absolute atomic E-state index is 5.63. The third-order valence-corrected chi connectivity index (χ3v) is 3.47. The molecule has 96 valence electrons. The van der Waals surface area contributed by atoms with Gasteiger partial charge in [0.25, 0.3) is 0 Å². The second kappa shape index (κ2) is 6.19. The Balaban J connectivity index is 1.97. The third kappa shape index (κ3) is 3.31. The van der Waals surface area contributed by atoms with Crippen LogP contribution in [0.5, 0.6) is 0 Å². The lowest BCUT2D eigenvalue weighted by molar-refractivity contribution is 0.206. The molecule has 0 saturated carbocycles. The lowest BCUT2D eigenvalue weighted by Crippen LogP contribution is -2.40. The van der Waals surface area contributed by atoms with Crippen LogP contribution in [-0.4, -0.2) is 37.1 Å². The highest BCUT2D eigenvalue weighted by Crippen LogP contribution is 2.24. The van der Waals surface area contributed by atoms with Crippen molar-refractivity contribution in [3.63, 3.8) is 0 Å². The fourth-order valence-electron chi connectivity index (χ4n) is 2.34. The molecule has 1 aromatic rings. The molecule has 0 radical (unpaired) electrons. The van der Waals surface area contributed by atoms with Crippen LogP contribution in [0, 0.1) is 0 Å². The summed E-state index contributed by atoms with van der Waals surface area (Å²) in [5.41, 5.74) is 5.63. The van der Waals surface area contributed by atoms with Crippen LogP contribution >= 0.6 is 0 Å². The summed E-state index contributed by atoms with van der Waals surface area (Å²) in [6.07, 6.45) is 4.35. The van der Waals surface area contributed by atoms with E-state index in [0.29, 0.717) is 18.6 Å². The first-order valence-corrected chi connectivity index (χ1v) is 6.52. The standard InChI is InChI=1S/C13H23N3O/c1-11(9-14)15-10-12(13-5-4-8-17-13)16-6-2-3-7-16/h4-5,8,11-12,15H,2-3,6-7,9-10,14H2,1H3. The Hall–Kier alpha value is -0.840. The van der Waals surface area contributed by atoms with E-state index >= 15 is 0 Å². The van der Waals surface area contributed by atoms with Crippen molar-refractivity contribution in [2.75, 3.05) is 26.2 Å². The predicted molar refractivity (Wildman–Crippen MR) is 68.8 cm³/mol. The van der Waals surface area contributed by atoms with Crippen LogP contribution in [0.15, 0.2) is 22.8 Å². The first kappa shape index (κ1) is 12.6. The molecule has 1 aliphatic heterocycles. The van der Waals surface area contributed by atoms with Crippen LogP contribution in [0.3, 0.4) is 0 Å². The first-order valence-electron chi connectivity index (χ1n) is 6.52. The number of rotatable bonds is 6. The SMILES string of the molecule is CC(CN)NCC(c1ccco1)N1CCCC1. The fourth-order valence-corrected chi connectivity index (χ4v) is 2.34. The average Bonchev–Trinajstić information content (AvgIpc) is 3.01. The summed E-state index contributed by atoms with van der Waals surface area (Å²) >= 11 is 0. The van der Waals surface area contributed by atoms with Crippen LogP contribution in [-0.2, 0) is 0 Å². The van der Waals surface area contributed by atoms with Gasteiger partial charge in [-0.2, -0.15) is 0 Å². The zero-order valence-electron chi connectivity index (χ0n) is 10.6. The third-order valence-electron chi connectivity index (χ3n) is 3.47. The minimum Gasteiger partial charge on any atom is -0.468 e. The van der Waals surface area contributed by atoms with Gasteiger partial charge in [-0.05, 0) is 45.0 Å². The summed E-state index contributed by atoms with van der Waals surface area (Å²) in [6.45, 7) is 6.04. The molecule has 1 fully saturated rings. The average molecular weight is 237 g/mol. The summed E-state index contributed by atoms with van der Waals surface area (Å²) in [7, 11) is 0. The van der Waals surface area contributed by atoms with Crippen molar-refractivity contribution in [2.45, 2.75) is 31.8 Å². The van der Waals surface area contributed by atoms with Crippen LogP contribution in [0.2, 0.25) is 0 Å². The second-order valence-electron chi connectivity index (χ2n) is 4.82. The maximum atomic E-state index is 5.63. The summed E-state index contributed by atoms with van der Waals surface area (Å²) < 4.78 is 5.56. The van der Waals surface area contributed by atoms with Gasteiger partial charge in [0.15, 0.2) is 0 Å². The van der Waals surface area contributed by atoms with Gasteiger partial charge in [0.05, 0.1) is 12.3 Å². The predicted octanol–water partition coefficient (Wildman–Crippen LogP) is 1.35. The van der Waals surface area contributed by atoms with Crippen molar-refractivity contribution < 1.29 is 4.42 Å². The van der Waals surface area contributed by atoms with E-state index in [1.165, 1.54) is 25.9 Å². The molecule has 1 aromatic heterocycles. The van der Waals surface area contributed by atoms with Gasteiger partial charge >= 0.3 is 0 Å². The molecule has 1 aliphatic rings. The van der Waals surface area contributed by atoms with Gasteiger partial charge in [-0.25, -0.2) is 0 Å². The maximum Gasteiger partial charge on any atom is 0.122 e. The molecule has 0 bridgehead atoms. The quantitative estimate of drug-likeness (QED) is 0.784. The van der Waals surface area contributed by atoms with E-state index in [-0.39, 0.29) is 0 Å². The monoisotopic (exact) mass is 237 g/mol. The summed E-state index contributed by atoms with van der Waals surface area (Å²) in [5.74, 6) is 1.06. The molecule has 3 N–H and O–H groups in total. The molecule has 0 spiro atoms. The molecule has 1 saturated heterocycles. The molecular weight excluding hydrogens is 214 g/mol. The van der Waals surface area contributed by atoms with E-state index in [1.54, 1.807) is 6.26 Å². The summed E-state index contributed by atoms with van der Waals surface area (Å²) in [5, 5.41) is 3.47. The molecule has 2 atom stereocenters. The van der Waals surface area contributed by atoms with Gasteiger partial charge in [-0.3, -0.25) is 4.90 Å². The van der Waals surface area contributed by atoms with Gasteiger partial charge in [0, 0.05) is 19.1 Å². The normalized spacial score (nSPS) is 20.6. The number of nitrogens with two attached hydrogens (primary N) is 1. The molecule has 0 aromatic carbocycles. The van der Waals surface area contributed by atoms with E-state index < -0.39 is 0 Å². The number of hydrogen-bond donors (Lipinski definition) is 2. The molecule has 2 rings (SSSR count). The topological polar surface area (TPSA) is 54.4 Å². The van der Waals surface area contributed by atoms with Gasteiger partial charge < -0.3 is 15.5 Å². The van der Waals surface area contributed by atoms with E-state index in [1.807, 2.05) is 6.07 Å². The van der Waals surface area contributed by atoms with Crippen molar-refractivity contribution in [1.29, 1.82) is 0 Å². The highest BCUT2D eigenvalue weighted by Gasteiger charge is 2.25. The number of nitrogens with zero attached hydrogens (tertiary/aromatic N) is 1. The smallest absolute Gasteiger partial charge is 0.122 e. The van der Waals surface area contributed by atoms with Gasteiger partial charge in [-0.15, -0.1) is 0 Å². The van der Waals surface area contributed by atoms with Crippen LogP contribution in [0.25, 0.3) is 0 Å². The van der Waals surface area contributed by atoms with Crippen molar-refractivity contribution in [3.8, 4) is 0 Å². The Morgan fingerprint density at radius 1 is 1.47 bits per heavy atom. The zero-order chi connectivity index (χ0) is 12.1.